The van der Waals surface area contributed by atoms with Crippen LogP contribution in [0, 0.1) is 5.92 Å². The summed E-state index contributed by atoms with van der Waals surface area (Å²) < 4.78 is 34.6. The van der Waals surface area contributed by atoms with Gasteiger partial charge in [0.25, 0.3) is 16.1 Å². The normalized spacial score (nSPS) is 30.9. The van der Waals surface area contributed by atoms with Crippen LogP contribution in [0.15, 0.2) is 0 Å². The molecule has 3 unspecified atom stereocenters. The molecule has 0 bridgehead atoms. The summed E-state index contributed by atoms with van der Waals surface area (Å²) in [6, 6.07) is -0.832. The van der Waals surface area contributed by atoms with Crippen molar-refractivity contribution in [3.63, 3.8) is 0 Å². The van der Waals surface area contributed by atoms with Gasteiger partial charge in [-0.1, -0.05) is 13.8 Å². The molecule has 3 aliphatic heterocycles. The first-order valence-corrected chi connectivity index (χ1v) is 11.7. The average Bonchev–Trinajstić information content (AvgIpc) is 2.88. The standard InChI is InChI=1S/C18H33N5O5S/c1-13(2)9-16-17(24)23(18(25)19-16)12-20-5-7-21(8-6-20)29(26,27)22-10-14(3)28-15(4)11-22/h13-16H,5-12H2,1-4H3,(H,19,25). The quantitative estimate of drug-likeness (QED) is 0.589. The maximum Gasteiger partial charge on any atom is 0.325 e. The molecule has 11 heteroatoms. The van der Waals surface area contributed by atoms with Crippen molar-refractivity contribution in [3.05, 3.63) is 0 Å². The van der Waals surface area contributed by atoms with Crippen LogP contribution in [0.3, 0.4) is 0 Å². The molecule has 3 aliphatic rings. The van der Waals surface area contributed by atoms with Gasteiger partial charge in [-0.3, -0.25) is 9.69 Å². The molecule has 0 aliphatic carbocycles. The van der Waals surface area contributed by atoms with Gasteiger partial charge >= 0.3 is 6.03 Å². The van der Waals surface area contributed by atoms with Gasteiger partial charge in [-0.05, 0) is 26.2 Å². The summed E-state index contributed by atoms with van der Waals surface area (Å²) in [6.07, 6.45) is 0.352. The minimum atomic E-state index is -3.55. The van der Waals surface area contributed by atoms with E-state index < -0.39 is 16.3 Å². The lowest BCUT2D eigenvalue weighted by Crippen LogP contribution is -2.58. The largest absolute Gasteiger partial charge is 0.373 e. The third-order valence-corrected chi connectivity index (χ3v) is 7.49. The molecule has 3 saturated heterocycles. The van der Waals surface area contributed by atoms with Crippen LogP contribution in [0.25, 0.3) is 0 Å². The number of rotatable bonds is 6. The van der Waals surface area contributed by atoms with Crippen LogP contribution in [-0.2, 0) is 19.7 Å². The summed E-state index contributed by atoms with van der Waals surface area (Å²) in [7, 11) is -3.55. The highest BCUT2D eigenvalue weighted by Gasteiger charge is 2.40. The third-order valence-electron chi connectivity index (χ3n) is 5.53. The SMILES string of the molecule is CC(C)CC1NC(=O)N(CN2CCN(S(=O)(=O)N3CC(C)OC(C)C3)CC2)C1=O. The molecule has 3 fully saturated rings. The van der Waals surface area contributed by atoms with Gasteiger partial charge in [0.15, 0.2) is 0 Å². The number of urea groups is 1. The van der Waals surface area contributed by atoms with Gasteiger partial charge in [-0.25, -0.2) is 9.69 Å². The van der Waals surface area contributed by atoms with E-state index in [0.29, 0.717) is 51.6 Å². The van der Waals surface area contributed by atoms with Crippen LogP contribution >= 0.6 is 0 Å². The molecule has 10 nitrogen and oxygen atoms in total. The Labute approximate surface area is 173 Å². The summed E-state index contributed by atoms with van der Waals surface area (Å²) >= 11 is 0. The van der Waals surface area contributed by atoms with Gasteiger partial charge in [0.1, 0.15) is 6.04 Å². The van der Waals surface area contributed by atoms with Crippen molar-refractivity contribution in [2.45, 2.75) is 52.4 Å². The second-order valence-corrected chi connectivity index (χ2v) is 10.6. The smallest absolute Gasteiger partial charge is 0.325 e. The van der Waals surface area contributed by atoms with E-state index in [1.807, 2.05) is 32.6 Å². The number of carbonyl (C=O) groups excluding carboxylic acids is 2. The van der Waals surface area contributed by atoms with Crippen molar-refractivity contribution in [2.24, 2.45) is 5.92 Å². The molecular formula is C18H33N5O5S. The van der Waals surface area contributed by atoms with E-state index >= 15 is 0 Å². The molecule has 3 amide bonds. The predicted molar refractivity (Wildman–Crippen MR) is 107 cm³/mol. The molecule has 166 valence electrons. The van der Waals surface area contributed by atoms with Crippen LogP contribution < -0.4 is 5.32 Å². The van der Waals surface area contributed by atoms with Crippen LogP contribution in [0.2, 0.25) is 0 Å². The molecule has 0 aromatic rings. The van der Waals surface area contributed by atoms with Crippen LogP contribution in [0.5, 0.6) is 0 Å². The molecule has 0 radical (unpaired) electrons. The first-order valence-electron chi connectivity index (χ1n) is 10.3. The number of morpholine rings is 1. The summed E-state index contributed by atoms with van der Waals surface area (Å²) in [5, 5.41) is 2.74. The van der Waals surface area contributed by atoms with E-state index in [4.69, 9.17) is 4.74 Å². The first-order chi connectivity index (χ1) is 13.6. The van der Waals surface area contributed by atoms with Crippen molar-refractivity contribution >= 4 is 22.1 Å². The average molecular weight is 432 g/mol. The molecule has 29 heavy (non-hydrogen) atoms. The van der Waals surface area contributed by atoms with E-state index in [2.05, 4.69) is 5.32 Å². The molecule has 0 saturated carbocycles. The summed E-state index contributed by atoms with van der Waals surface area (Å²) in [4.78, 5) is 27.9. The van der Waals surface area contributed by atoms with Gasteiger partial charge in [0.05, 0.1) is 18.9 Å². The zero-order valence-electron chi connectivity index (χ0n) is 17.7. The van der Waals surface area contributed by atoms with Crippen LogP contribution in [0.1, 0.15) is 34.1 Å². The zero-order valence-corrected chi connectivity index (χ0v) is 18.5. The summed E-state index contributed by atoms with van der Waals surface area (Å²) in [5.74, 6) is 0.110. The Morgan fingerprint density at radius 3 is 2.17 bits per heavy atom. The fourth-order valence-electron chi connectivity index (χ4n) is 4.13. The van der Waals surface area contributed by atoms with Crippen LogP contribution in [0.4, 0.5) is 4.79 Å². The number of piperazine rings is 1. The summed E-state index contributed by atoms with van der Waals surface area (Å²) in [5.41, 5.74) is 0. The lowest BCUT2D eigenvalue weighted by atomic mass is 10.0. The third kappa shape index (κ3) is 5.08. The van der Waals surface area contributed by atoms with Crippen molar-refractivity contribution < 1.29 is 22.7 Å². The second kappa shape index (κ2) is 8.84. The highest BCUT2D eigenvalue weighted by Crippen LogP contribution is 2.20. The number of amides is 3. The molecule has 0 aromatic carbocycles. The maximum absolute atomic E-state index is 13.0. The van der Waals surface area contributed by atoms with Gasteiger partial charge < -0.3 is 10.1 Å². The van der Waals surface area contributed by atoms with Gasteiger partial charge in [0.2, 0.25) is 0 Å². The first kappa shape index (κ1) is 22.4. The Bertz CT molecular complexity index is 712. The van der Waals surface area contributed by atoms with E-state index in [9.17, 15) is 18.0 Å². The fraction of sp³-hybridized carbons (Fsp3) is 0.889. The topological polar surface area (TPSA) is 102 Å². The number of imide groups is 1. The molecular weight excluding hydrogens is 398 g/mol. The van der Waals surface area contributed by atoms with Gasteiger partial charge in [-0.2, -0.15) is 17.0 Å². The minimum absolute atomic E-state index is 0.131. The number of hydrogen-bond acceptors (Lipinski definition) is 6. The van der Waals surface area contributed by atoms with Crippen LogP contribution in [-0.4, -0.2) is 103 Å². The lowest BCUT2D eigenvalue weighted by Gasteiger charge is -2.40. The highest BCUT2D eigenvalue weighted by molar-refractivity contribution is 7.86. The molecule has 1 N–H and O–H groups in total. The predicted octanol–water partition coefficient (Wildman–Crippen LogP) is -0.118. The van der Waals surface area contributed by atoms with Gasteiger partial charge in [0, 0.05) is 39.3 Å². The Hall–Kier alpha value is -1.27. The zero-order chi connectivity index (χ0) is 21.3. The monoisotopic (exact) mass is 431 g/mol. The van der Waals surface area contributed by atoms with E-state index in [1.165, 1.54) is 13.5 Å². The number of nitrogens with zero attached hydrogens (tertiary/aromatic N) is 4. The van der Waals surface area contributed by atoms with Crippen molar-refractivity contribution in [3.8, 4) is 0 Å². The molecule has 3 rings (SSSR count). The molecule has 3 atom stereocenters. The molecule has 0 spiro atoms. The van der Waals surface area contributed by atoms with Crippen molar-refractivity contribution in [1.29, 1.82) is 0 Å². The molecule has 0 aromatic heterocycles. The maximum atomic E-state index is 13.0. The Kier molecular flexibility index (Phi) is 6.84. The summed E-state index contributed by atoms with van der Waals surface area (Å²) in [6.45, 7) is 10.3. The van der Waals surface area contributed by atoms with Crippen molar-refractivity contribution in [1.82, 2.24) is 23.7 Å². The van der Waals surface area contributed by atoms with E-state index in [1.54, 1.807) is 0 Å². The van der Waals surface area contributed by atoms with E-state index in [-0.39, 0.29) is 30.8 Å². The van der Waals surface area contributed by atoms with Crippen molar-refractivity contribution in [2.75, 3.05) is 45.9 Å². The Morgan fingerprint density at radius 2 is 1.62 bits per heavy atom. The highest BCUT2D eigenvalue weighted by atomic mass is 32.2. The second-order valence-electron chi connectivity index (χ2n) is 8.64. The minimum Gasteiger partial charge on any atom is -0.373 e. The number of ether oxygens (including phenoxy) is 1. The fourth-order valence-corrected chi connectivity index (χ4v) is 5.87. The molecule has 3 heterocycles. The number of carbonyl (C=O) groups is 2. The van der Waals surface area contributed by atoms with E-state index in [0.717, 1.165) is 0 Å². The van der Waals surface area contributed by atoms with Gasteiger partial charge in [-0.15, -0.1) is 0 Å². The number of nitrogens with one attached hydrogen (secondary N) is 1. The lowest BCUT2D eigenvalue weighted by molar-refractivity contribution is -0.129. The number of hydrogen-bond donors (Lipinski definition) is 1. The Morgan fingerprint density at radius 1 is 1.03 bits per heavy atom. The Balaban J connectivity index is 1.54.